The molecule has 8 heteroatoms. The van der Waals surface area contributed by atoms with E-state index in [1.54, 1.807) is 31.2 Å². The second-order valence-electron chi connectivity index (χ2n) is 6.98. The molecule has 0 saturated carbocycles. The Hall–Kier alpha value is -3.26. The predicted octanol–water partition coefficient (Wildman–Crippen LogP) is 3.43. The molecule has 0 bridgehead atoms. The van der Waals surface area contributed by atoms with Gasteiger partial charge in [-0.25, -0.2) is 18.4 Å². The molecule has 1 aliphatic rings. The lowest BCUT2D eigenvalue weighted by atomic mass is 10.2. The summed E-state index contributed by atoms with van der Waals surface area (Å²) in [5, 5.41) is 2.83. The molecule has 0 spiro atoms. The number of hydrogen-bond acceptors (Lipinski definition) is 5. The summed E-state index contributed by atoms with van der Waals surface area (Å²) < 4.78 is 27.5. The van der Waals surface area contributed by atoms with Crippen LogP contribution in [0.25, 0.3) is 0 Å². The summed E-state index contributed by atoms with van der Waals surface area (Å²) in [4.78, 5) is 21.2. The minimum Gasteiger partial charge on any atom is -0.306 e. The lowest BCUT2D eigenvalue weighted by Crippen LogP contribution is -2.30. The molecule has 1 amide bonds. The van der Waals surface area contributed by atoms with Gasteiger partial charge in [0.25, 0.3) is 15.9 Å². The van der Waals surface area contributed by atoms with E-state index < -0.39 is 10.0 Å². The molecule has 0 saturated heterocycles. The lowest BCUT2D eigenvalue weighted by molar-refractivity contribution is 0.102. The molecular formula is C22H22N4O3S. The van der Waals surface area contributed by atoms with Crippen molar-refractivity contribution in [1.82, 2.24) is 9.97 Å². The summed E-state index contributed by atoms with van der Waals surface area (Å²) in [6.07, 6.45) is 4.19. The van der Waals surface area contributed by atoms with Gasteiger partial charge in [0.1, 0.15) is 12.1 Å². The molecule has 0 aliphatic heterocycles. The Bertz CT molecular complexity index is 1160. The Morgan fingerprint density at radius 1 is 1.03 bits per heavy atom. The van der Waals surface area contributed by atoms with Crippen molar-refractivity contribution in [3.8, 4) is 0 Å². The molecule has 1 heterocycles. The number of hydrogen-bond donors (Lipinski definition) is 1. The summed E-state index contributed by atoms with van der Waals surface area (Å²) in [5.41, 5.74) is 2.91. The van der Waals surface area contributed by atoms with Gasteiger partial charge in [-0.15, -0.1) is 0 Å². The number of amides is 1. The molecule has 0 radical (unpaired) electrons. The van der Waals surface area contributed by atoms with E-state index in [1.807, 2.05) is 6.07 Å². The minimum absolute atomic E-state index is 0.132. The van der Waals surface area contributed by atoms with Gasteiger partial charge in [-0.05, 0) is 62.6 Å². The minimum atomic E-state index is -3.73. The fourth-order valence-corrected chi connectivity index (χ4v) is 5.11. The third-order valence-electron chi connectivity index (χ3n) is 5.14. The number of benzene rings is 2. The van der Waals surface area contributed by atoms with Crippen LogP contribution in [-0.4, -0.2) is 30.8 Å². The van der Waals surface area contributed by atoms with E-state index >= 15 is 0 Å². The van der Waals surface area contributed by atoms with Gasteiger partial charge in [0, 0.05) is 23.4 Å². The highest BCUT2D eigenvalue weighted by Gasteiger charge is 2.24. The second-order valence-corrected chi connectivity index (χ2v) is 8.85. The van der Waals surface area contributed by atoms with E-state index in [9.17, 15) is 13.2 Å². The number of nitrogens with one attached hydrogen (secondary N) is 1. The number of carbonyl (C=O) groups excluding carboxylic acids is 1. The van der Waals surface area contributed by atoms with Gasteiger partial charge in [-0.1, -0.05) is 18.2 Å². The highest BCUT2D eigenvalue weighted by molar-refractivity contribution is 7.92. The zero-order valence-corrected chi connectivity index (χ0v) is 17.4. The Morgan fingerprint density at radius 3 is 2.47 bits per heavy atom. The van der Waals surface area contributed by atoms with Crippen LogP contribution >= 0.6 is 0 Å². The van der Waals surface area contributed by atoms with Crippen LogP contribution in [0.15, 0.2) is 65.8 Å². The largest absolute Gasteiger partial charge is 0.306 e. The molecule has 7 nitrogen and oxygen atoms in total. The van der Waals surface area contributed by atoms with Crippen LogP contribution in [0.5, 0.6) is 0 Å². The Kier molecular flexibility index (Phi) is 5.50. The highest BCUT2D eigenvalue weighted by Crippen LogP contribution is 2.26. The molecule has 3 aromatic rings. The van der Waals surface area contributed by atoms with E-state index in [2.05, 4.69) is 15.3 Å². The van der Waals surface area contributed by atoms with Crippen molar-refractivity contribution in [2.45, 2.75) is 31.1 Å². The van der Waals surface area contributed by atoms with Crippen molar-refractivity contribution in [1.29, 1.82) is 0 Å². The van der Waals surface area contributed by atoms with E-state index in [1.165, 1.54) is 34.9 Å². The van der Waals surface area contributed by atoms with Crippen molar-refractivity contribution in [3.63, 3.8) is 0 Å². The monoisotopic (exact) mass is 422 g/mol. The average Bonchev–Trinajstić information content (AvgIpc) is 3.25. The van der Waals surface area contributed by atoms with Crippen LogP contribution in [-0.2, 0) is 22.9 Å². The number of anilines is 2. The number of para-hydroxylation sites is 1. The summed E-state index contributed by atoms with van der Waals surface area (Å²) in [6, 6.07) is 14.9. The highest BCUT2D eigenvalue weighted by atomic mass is 32.2. The Labute approximate surface area is 175 Å². The van der Waals surface area contributed by atoms with Crippen LogP contribution in [0.3, 0.4) is 0 Å². The molecular weight excluding hydrogens is 400 g/mol. The Balaban J connectivity index is 1.55. The SMILES string of the molecule is CCN(c1ccccc1)S(=O)(=O)c1ccc(C(=O)Nc2ncnc3c2CCC3)cc1. The van der Waals surface area contributed by atoms with Crippen LogP contribution in [0.1, 0.15) is 35.0 Å². The smallest absolute Gasteiger partial charge is 0.264 e. The molecule has 0 atom stereocenters. The zero-order valence-electron chi connectivity index (χ0n) is 16.6. The number of carbonyl (C=O) groups is 1. The Morgan fingerprint density at radius 2 is 1.77 bits per heavy atom. The van der Waals surface area contributed by atoms with Crippen molar-refractivity contribution in [2.75, 3.05) is 16.2 Å². The number of rotatable bonds is 6. The fourth-order valence-electron chi connectivity index (χ4n) is 3.64. The van der Waals surface area contributed by atoms with Gasteiger partial charge in [-0.2, -0.15) is 0 Å². The third kappa shape index (κ3) is 3.78. The first-order chi connectivity index (χ1) is 14.5. The number of sulfonamides is 1. The molecule has 4 rings (SSSR count). The predicted molar refractivity (Wildman–Crippen MR) is 115 cm³/mol. The van der Waals surface area contributed by atoms with Crippen LogP contribution in [0, 0.1) is 0 Å². The van der Waals surface area contributed by atoms with Gasteiger partial charge in [-0.3, -0.25) is 9.10 Å². The quantitative estimate of drug-likeness (QED) is 0.657. The molecule has 30 heavy (non-hydrogen) atoms. The van der Waals surface area contributed by atoms with E-state index in [-0.39, 0.29) is 10.8 Å². The maximum absolute atomic E-state index is 13.1. The number of fused-ring (bicyclic) bond motifs is 1. The van der Waals surface area contributed by atoms with Crippen molar-refractivity contribution in [3.05, 3.63) is 77.7 Å². The van der Waals surface area contributed by atoms with Gasteiger partial charge in [0.05, 0.1) is 10.6 Å². The molecule has 0 unspecified atom stereocenters. The maximum Gasteiger partial charge on any atom is 0.264 e. The summed E-state index contributed by atoms with van der Waals surface area (Å²) in [5.74, 6) is 0.197. The molecule has 154 valence electrons. The number of aromatic nitrogens is 2. The van der Waals surface area contributed by atoms with Gasteiger partial charge < -0.3 is 5.32 Å². The van der Waals surface area contributed by atoms with Crippen LogP contribution in [0.4, 0.5) is 11.5 Å². The second kappa shape index (κ2) is 8.23. The third-order valence-corrected chi connectivity index (χ3v) is 7.06. The lowest BCUT2D eigenvalue weighted by Gasteiger charge is -2.23. The summed E-state index contributed by atoms with van der Waals surface area (Å²) >= 11 is 0. The molecule has 1 N–H and O–H groups in total. The van der Waals surface area contributed by atoms with Crippen molar-refractivity contribution in [2.24, 2.45) is 0 Å². The first-order valence-electron chi connectivity index (χ1n) is 9.82. The van der Waals surface area contributed by atoms with Crippen molar-refractivity contribution >= 4 is 27.4 Å². The van der Waals surface area contributed by atoms with E-state index in [0.29, 0.717) is 23.6 Å². The standard InChI is InChI=1S/C22H22N4O3S/c1-2-26(17-7-4-3-5-8-17)30(28,29)18-13-11-16(12-14-18)22(27)25-21-19-9-6-10-20(19)23-15-24-21/h3-5,7-8,11-15H,2,6,9-10H2,1H3,(H,23,24,25,27). The molecule has 0 fully saturated rings. The topological polar surface area (TPSA) is 92.3 Å². The summed E-state index contributed by atoms with van der Waals surface area (Å²) in [7, 11) is -3.73. The van der Waals surface area contributed by atoms with Crippen LogP contribution in [0.2, 0.25) is 0 Å². The number of nitrogens with zero attached hydrogens (tertiary/aromatic N) is 3. The first-order valence-corrected chi connectivity index (χ1v) is 11.3. The van der Waals surface area contributed by atoms with Gasteiger partial charge >= 0.3 is 0 Å². The molecule has 1 aliphatic carbocycles. The van der Waals surface area contributed by atoms with E-state index in [0.717, 1.165) is 30.5 Å². The van der Waals surface area contributed by atoms with E-state index in [4.69, 9.17) is 0 Å². The number of aryl methyl sites for hydroxylation is 1. The van der Waals surface area contributed by atoms with Crippen LogP contribution < -0.4 is 9.62 Å². The van der Waals surface area contributed by atoms with Crippen molar-refractivity contribution < 1.29 is 13.2 Å². The normalized spacial score (nSPS) is 13.0. The summed E-state index contributed by atoms with van der Waals surface area (Å²) in [6.45, 7) is 2.08. The maximum atomic E-state index is 13.1. The van der Waals surface area contributed by atoms with Gasteiger partial charge in [0.2, 0.25) is 0 Å². The molecule has 1 aromatic heterocycles. The average molecular weight is 423 g/mol. The zero-order chi connectivity index (χ0) is 21.1. The fraction of sp³-hybridized carbons (Fsp3) is 0.227. The molecule has 2 aromatic carbocycles. The first kappa shape index (κ1) is 20.0. The van der Waals surface area contributed by atoms with Gasteiger partial charge in [0.15, 0.2) is 0 Å².